The highest BCUT2D eigenvalue weighted by Gasteiger charge is 2.24. The SMILES string of the molecule is COc1ccc(C)cc1C(C#N)CC(=O)N1CCCC1. The van der Waals surface area contributed by atoms with Crippen molar-refractivity contribution in [3.63, 3.8) is 0 Å². The third-order valence-electron chi connectivity index (χ3n) is 3.75. The van der Waals surface area contributed by atoms with E-state index in [9.17, 15) is 10.1 Å². The summed E-state index contributed by atoms with van der Waals surface area (Å²) in [7, 11) is 1.59. The first kappa shape index (κ1) is 14.4. The molecule has 1 aromatic rings. The number of hydrogen-bond donors (Lipinski definition) is 0. The van der Waals surface area contributed by atoms with Gasteiger partial charge in [0.05, 0.1) is 19.1 Å². The summed E-state index contributed by atoms with van der Waals surface area (Å²) >= 11 is 0. The van der Waals surface area contributed by atoms with Crippen LogP contribution in [0.4, 0.5) is 0 Å². The largest absolute Gasteiger partial charge is 0.496 e. The molecule has 1 unspecified atom stereocenters. The van der Waals surface area contributed by atoms with Gasteiger partial charge in [0.1, 0.15) is 5.75 Å². The molecule has 0 bridgehead atoms. The van der Waals surface area contributed by atoms with E-state index in [1.165, 1.54) is 0 Å². The highest BCUT2D eigenvalue weighted by molar-refractivity contribution is 5.78. The summed E-state index contributed by atoms with van der Waals surface area (Å²) in [6.45, 7) is 3.61. The summed E-state index contributed by atoms with van der Waals surface area (Å²) in [5.41, 5.74) is 1.87. The summed E-state index contributed by atoms with van der Waals surface area (Å²) in [6.07, 6.45) is 2.36. The third-order valence-corrected chi connectivity index (χ3v) is 3.75. The molecule has 1 aliphatic heterocycles. The van der Waals surface area contributed by atoms with Crippen molar-refractivity contribution in [1.82, 2.24) is 4.90 Å². The second-order valence-electron chi connectivity index (χ2n) is 5.22. The van der Waals surface area contributed by atoms with Crippen molar-refractivity contribution in [2.75, 3.05) is 20.2 Å². The van der Waals surface area contributed by atoms with Crippen LogP contribution in [0.15, 0.2) is 18.2 Å². The van der Waals surface area contributed by atoms with E-state index in [0.717, 1.165) is 37.1 Å². The van der Waals surface area contributed by atoms with Crippen molar-refractivity contribution in [2.45, 2.75) is 32.1 Å². The smallest absolute Gasteiger partial charge is 0.224 e. The lowest BCUT2D eigenvalue weighted by molar-refractivity contribution is -0.130. The standard InChI is InChI=1S/C16H20N2O2/c1-12-5-6-15(20-2)14(9-12)13(11-17)10-16(19)18-7-3-4-8-18/h5-6,9,13H,3-4,7-8,10H2,1-2H3. The maximum Gasteiger partial charge on any atom is 0.224 e. The summed E-state index contributed by atoms with van der Waals surface area (Å²) in [5, 5.41) is 9.41. The van der Waals surface area contributed by atoms with Crippen LogP contribution in [0, 0.1) is 18.3 Å². The molecule has 0 aromatic heterocycles. The number of aryl methyl sites for hydroxylation is 1. The second kappa shape index (κ2) is 6.42. The van der Waals surface area contributed by atoms with Crippen molar-refractivity contribution in [2.24, 2.45) is 0 Å². The Morgan fingerprint density at radius 1 is 1.45 bits per heavy atom. The molecule has 1 fully saturated rings. The quantitative estimate of drug-likeness (QED) is 0.846. The minimum Gasteiger partial charge on any atom is -0.496 e. The van der Waals surface area contributed by atoms with Gasteiger partial charge in [-0.15, -0.1) is 0 Å². The van der Waals surface area contributed by atoms with Crippen LogP contribution in [-0.4, -0.2) is 31.0 Å². The molecule has 1 aliphatic rings. The van der Waals surface area contributed by atoms with Gasteiger partial charge in [0, 0.05) is 25.1 Å². The molecule has 1 saturated heterocycles. The number of carbonyl (C=O) groups is 1. The van der Waals surface area contributed by atoms with Crippen LogP contribution in [0.2, 0.25) is 0 Å². The van der Waals surface area contributed by atoms with Crippen molar-refractivity contribution in [3.05, 3.63) is 29.3 Å². The molecule has 4 nitrogen and oxygen atoms in total. The number of amides is 1. The van der Waals surface area contributed by atoms with Crippen LogP contribution in [0.5, 0.6) is 5.75 Å². The number of benzene rings is 1. The summed E-state index contributed by atoms with van der Waals surface area (Å²) in [5.74, 6) is 0.298. The molecule has 0 saturated carbocycles. The highest BCUT2D eigenvalue weighted by atomic mass is 16.5. The lowest BCUT2D eigenvalue weighted by Gasteiger charge is -2.19. The first-order valence-corrected chi connectivity index (χ1v) is 6.97. The van der Waals surface area contributed by atoms with E-state index in [2.05, 4.69) is 6.07 Å². The zero-order valence-electron chi connectivity index (χ0n) is 12.1. The maximum atomic E-state index is 12.2. The normalized spacial score (nSPS) is 15.8. The molecule has 1 atom stereocenters. The van der Waals surface area contributed by atoms with E-state index in [-0.39, 0.29) is 12.3 Å². The van der Waals surface area contributed by atoms with Crippen LogP contribution in [-0.2, 0) is 4.79 Å². The maximum absolute atomic E-state index is 12.2. The fourth-order valence-electron chi connectivity index (χ4n) is 2.62. The molecule has 0 aliphatic carbocycles. The lowest BCUT2D eigenvalue weighted by atomic mass is 9.94. The average Bonchev–Trinajstić information content (AvgIpc) is 2.98. The van der Waals surface area contributed by atoms with E-state index in [1.54, 1.807) is 7.11 Å². The first-order chi connectivity index (χ1) is 9.65. The van der Waals surface area contributed by atoms with Crippen LogP contribution < -0.4 is 4.74 Å². The van der Waals surface area contributed by atoms with Gasteiger partial charge < -0.3 is 9.64 Å². The highest BCUT2D eigenvalue weighted by Crippen LogP contribution is 2.30. The van der Waals surface area contributed by atoms with Gasteiger partial charge in [-0.05, 0) is 25.8 Å². The summed E-state index contributed by atoms with van der Waals surface area (Å²) < 4.78 is 5.31. The number of methoxy groups -OCH3 is 1. The van der Waals surface area contributed by atoms with Crippen molar-refractivity contribution < 1.29 is 9.53 Å². The first-order valence-electron chi connectivity index (χ1n) is 6.97. The Morgan fingerprint density at radius 2 is 2.15 bits per heavy atom. The lowest BCUT2D eigenvalue weighted by Crippen LogP contribution is -2.28. The molecule has 1 heterocycles. The molecule has 106 valence electrons. The molecule has 4 heteroatoms. The van der Waals surface area contributed by atoms with Gasteiger partial charge in [0.25, 0.3) is 0 Å². The summed E-state index contributed by atoms with van der Waals surface area (Å²) in [6, 6.07) is 7.98. The molecule has 1 amide bonds. The number of hydrogen-bond acceptors (Lipinski definition) is 3. The van der Waals surface area contributed by atoms with Gasteiger partial charge in [-0.1, -0.05) is 17.7 Å². The van der Waals surface area contributed by atoms with Crippen LogP contribution in [0.1, 0.15) is 36.3 Å². The van der Waals surface area contributed by atoms with E-state index in [4.69, 9.17) is 4.74 Å². The number of nitriles is 1. The van der Waals surface area contributed by atoms with Crippen LogP contribution >= 0.6 is 0 Å². The fourth-order valence-corrected chi connectivity index (χ4v) is 2.62. The molecular weight excluding hydrogens is 252 g/mol. The van der Waals surface area contributed by atoms with E-state index in [0.29, 0.717) is 5.75 Å². The molecular formula is C16H20N2O2. The van der Waals surface area contributed by atoms with Gasteiger partial charge >= 0.3 is 0 Å². The molecule has 0 spiro atoms. The Hall–Kier alpha value is -2.02. The number of rotatable bonds is 4. The zero-order valence-corrected chi connectivity index (χ0v) is 12.1. The number of likely N-dealkylation sites (tertiary alicyclic amines) is 1. The fraction of sp³-hybridized carbons (Fsp3) is 0.500. The van der Waals surface area contributed by atoms with Crippen LogP contribution in [0.25, 0.3) is 0 Å². The van der Waals surface area contributed by atoms with E-state index in [1.807, 2.05) is 30.0 Å². The Morgan fingerprint density at radius 3 is 2.75 bits per heavy atom. The molecule has 0 radical (unpaired) electrons. The van der Waals surface area contributed by atoms with Gasteiger partial charge in [-0.2, -0.15) is 5.26 Å². The number of carbonyl (C=O) groups excluding carboxylic acids is 1. The van der Waals surface area contributed by atoms with Gasteiger partial charge in [0.2, 0.25) is 5.91 Å². The topological polar surface area (TPSA) is 53.3 Å². The average molecular weight is 272 g/mol. The number of ether oxygens (including phenoxy) is 1. The zero-order chi connectivity index (χ0) is 14.5. The second-order valence-corrected chi connectivity index (χ2v) is 5.22. The van der Waals surface area contributed by atoms with E-state index < -0.39 is 5.92 Å². The van der Waals surface area contributed by atoms with Gasteiger partial charge in [0.15, 0.2) is 0 Å². The van der Waals surface area contributed by atoms with Crippen molar-refractivity contribution in [1.29, 1.82) is 5.26 Å². The van der Waals surface area contributed by atoms with Crippen LogP contribution in [0.3, 0.4) is 0 Å². The number of nitrogens with zero attached hydrogens (tertiary/aromatic N) is 2. The predicted octanol–water partition coefficient (Wildman–Crippen LogP) is 2.62. The van der Waals surface area contributed by atoms with Crippen molar-refractivity contribution >= 4 is 5.91 Å². The molecule has 2 rings (SSSR count). The molecule has 0 N–H and O–H groups in total. The predicted molar refractivity (Wildman–Crippen MR) is 76.5 cm³/mol. The Balaban J connectivity index is 2.17. The monoisotopic (exact) mass is 272 g/mol. The Kier molecular flexibility index (Phi) is 4.62. The Labute approximate surface area is 120 Å². The van der Waals surface area contributed by atoms with Crippen molar-refractivity contribution in [3.8, 4) is 11.8 Å². The third kappa shape index (κ3) is 3.11. The minimum absolute atomic E-state index is 0.0672. The molecule has 1 aromatic carbocycles. The van der Waals surface area contributed by atoms with Gasteiger partial charge in [-0.25, -0.2) is 0 Å². The van der Waals surface area contributed by atoms with E-state index >= 15 is 0 Å². The minimum atomic E-state index is -0.446. The Bertz CT molecular complexity index is 528. The summed E-state index contributed by atoms with van der Waals surface area (Å²) in [4.78, 5) is 14.1. The molecule has 20 heavy (non-hydrogen) atoms. The van der Waals surface area contributed by atoms with Gasteiger partial charge in [-0.3, -0.25) is 4.79 Å².